The molecule has 0 aliphatic heterocycles. The molecule has 1 amide bonds. The number of nitrogens with zero attached hydrogens (tertiary/aromatic N) is 1. The van der Waals surface area contributed by atoms with Crippen molar-refractivity contribution in [2.24, 2.45) is 0 Å². The highest BCUT2D eigenvalue weighted by Gasteiger charge is 2.12. The molecule has 1 atom stereocenters. The Bertz CT molecular complexity index is 1020. The minimum atomic E-state index is -0.200. The lowest BCUT2D eigenvalue weighted by atomic mass is 10.1. The number of methoxy groups -OCH3 is 1. The first-order valence-electron chi connectivity index (χ1n) is 10.3. The predicted octanol–water partition coefficient (Wildman–Crippen LogP) is 5.41. The standard InChI is InChI=1S/C25H28N2O4/c1-5-30-22-7-6-8-23(16-22)31-21-12-9-19(10-13-21)27-25(28)24-14-11-20(26-18(24)3)15-17(2)29-4/h6-14,16-17H,5,15H2,1-4H3,(H,27,28). The molecule has 3 aromatic rings. The van der Waals surface area contributed by atoms with Crippen molar-refractivity contribution in [1.29, 1.82) is 0 Å². The van der Waals surface area contributed by atoms with Crippen molar-refractivity contribution in [3.8, 4) is 17.2 Å². The second-order valence-electron chi connectivity index (χ2n) is 7.17. The zero-order valence-electron chi connectivity index (χ0n) is 18.3. The van der Waals surface area contributed by atoms with Crippen molar-refractivity contribution < 1.29 is 19.0 Å². The maximum absolute atomic E-state index is 12.7. The first-order valence-corrected chi connectivity index (χ1v) is 10.3. The van der Waals surface area contributed by atoms with Crippen molar-refractivity contribution in [2.45, 2.75) is 33.3 Å². The van der Waals surface area contributed by atoms with Gasteiger partial charge < -0.3 is 19.5 Å². The summed E-state index contributed by atoms with van der Waals surface area (Å²) in [5.74, 6) is 1.92. The lowest BCUT2D eigenvalue weighted by Crippen LogP contribution is -2.16. The number of ether oxygens (including phenoxy) is 3. The van der Waals surface area contributed by atoms with Gasteiger partial charge >= 0.3 is 0 Å². The highest BCUT2D eigenvalue weighted by atomic mass is 16.5. The maximum atomic E-state index is 12.7. The van der Waals surface area contributed by atoms with Crippen LogP contribution < -0.4 is 14.8 Å². The molecule has 3 rings (SSSR count). The molecule has 0 spiro atoms. The smallest absolute Gasteiger partial charge is 0.257 e. The van der Waals surface area contributed by atoms with E-state index in [1.165, 1.54) is 0 Å². The fourth-order valence-corrected chi connectivity index (χ4v) is 3.08. The Hall–Kier alpha value is -3.38. The zero-order chi connectivity index (χ0) is 22.2. The molecule has 1 N–H and O–H groups in total. The van der Waals surface area contributed by atoms with Gasteiger partial charge in [0.1, 0.15) is 17.2 Å². The van der Waals surface area contributed by atoms with Crippen LogP contribution in [0.1, 0.15) is 35.6 Å². The number of hydrogen-bond acceptors (Lipinski definition) is 5. The van der Waals surface area contributed by atoms with Gasteiger partial charge in [-0.1, -0.05) is 6.07 Å². The number of amides is 1. The molecule has 0 aliphatic rings. The van der Waals surface area contributed by atoms with Crippen LogP contribution in [0.4, 0.5) is 5.69 Å². The average molecular weight is 421 g/mol. The van der Waals surface area contributed by atoms with E-state index in [0.717, 1.165) is 11.4 Å². The van der Waals surface area contributed by atoms with Gasteiger partial charge in [-0.3, -0.25) is 9.78 Å². The summed E-state index contributed by atoms with van der Waals surface area (Å²) in [5.41, 5.74) is 2.81. The van der Waals surface area contributed by atoms with Gasteiger partial charge in [0.2, 0.25) is 0 Å². The second kappa shape index (κ2) is 10.6. The number of rotatable bonds is 9. The maximum Gasteiger partial charge on any atom is 0.257 e. The Balaban J connectivity index is 1.63. The third-order valence-corrected chi connectivity index (χ3v) is 4.75. The van der Waals surface area contributed by atoms with Crippen LogP contribution in [0.3, 0.4) is 0 Å². The number of nitrogens with one attached hydrogen (secondary N) is 1. The normalized spacial score (nSPS) is 11.6. The number of carbonyl (C=O) groups excluding carboxylic acids is 1. The van der Waals surface area contributed by atoms with Crippen LogP contribution in [0.2, 0.25) is 0 Å². The molecule has 6 heteroatoms. The van der Waals surface area contributed by atoms with E-state index in [9.17, 15) is 4.79 Å². The van der Waals surface area contributed by atoms with E-state index < -0.39 is 0 Å². The quantitative estimate of drug-likeness (QED) is 0.501. The Morgan fingerprint density at radius 1 is 1.03 bits per heavy atom. The number of anilines is 1. The minimum absolute atomic E-state index is 0.0777. The molecular formula is C25H28N2O4. The fourth-order valence-electron chi connectivity index (χ4n) is 3.08. The molecule has 1 unspecified atom stereocenters. The SMILES string of the molecule is CCOc1cccc(Oc2ccc(NC(=O)c3ccc(CC(C)OC)nc3C)cc2)c1. The van der Waals surface area contributed by atoms with E-state index >= 15 is 0 Å². The summed E-state index contributed by atoms with van der Waals surface area (Å²) in [6.45, 7) is 6.36. The summed E-state index contributed by atoms with van der Waals surface area (Å²) in [7, 11) is 1.67. The van der Waals surface area contributed by atoms with Crippen molar-refractivity contribution in [1.82, 2.24) is 4.98 Å². The number of aryl methyl sites for hydroxylation is 1. The summed E-state index contributed by atoms with van der Waals surface area (Å²) in [5, 5.41) is 2.91. The van der Waals surface area contributed by atoms with Crippen molar-refractivity contribution >= 4 is 11.6 Å². The molecule has 0 bridgehead atoms. The highest BCUT2D eigenvalue weighted by Crippen LogP contribution is 2.26. The van der Waals surface area contributed by atoms with Crippen LogP contribution in [0.5, 0.6) is 17.2 Å². The molecule has 162 valence electrons. The van der Waals surface area contributed by atoms with Crippen LogP contribution >= 0.6 is 0 Å². The monoisotopic (exact) mass is 420 g/mol. The summed E-state index contributed by atoms with van der Waals surface area (Å²) < 4.78 is 16.6. The van der Waals surface area contributed by atoms with Gasteiger partial charge in [0.25, 0.3) is 5.91 Å². The topological polar surface area (TPSA) is 69.7 Å². The Morgan fingerprint density at radius 3 is 2.45 bits per heavy atom. The van der Waals surface area contributed by atoms with Crippen LogP contribution in [0.15, 0.2) is 60.7 Å². The highest BCUT2D eigenvalue weighted by molar-refractivity contribution is 6.05. The molecule has 0 saturated carbocycles. The van der Waals surface area contributed by atoms with Gasteiger partial charge in [0.15, 0.2) is 0 Å². The van der Waals surface area contributed by atoms with E-state index in [1.807, 2.05) is 63.2 Å². The van der Waals surface area contributed by atoms with Crippen molar-refractivity contribution in [3.05, 3.63) is 77.6 Å². The summed E-state index contributed by atoms with van der Waals surface area (Å²) in [6.07, 6.45) is 0.780. The summed E-state index contributed by atoms with van der Waals surface area (Å²) >= 11 is 0. The third kappa shape index (κ3) is 6.30. The van der Waals surface area contributed by atoms with E-state index in [4.69, 9.17) is 14.2 Å². The van der Waals surface area contributed by atoms with E-state index in [2.05, 4.69) is 10.3 Å². The molecule has 6 nitrogen and oxygen atoms in total. The van der Waals surface area contributed by atoms with Crippen molar-refractivity contribution in [2.75, 3.05) is 19.0 Å². The van der Waals surface area contributed by atoms with E-state index in [-0.39, 0.29) is 12.0 Å². The summed E-state index contributed by atoms with van der Waals surface area (Å²) in [6, 6.07) is 18.4. The predicted molar refractivity (Wildman–Crippen MR) is 121 cm³/mol. The first-order chi connectivity index (χ1) is 15.0. The third-order valence-electron chi connectivity index (χ3n) is 4.75. The van der Waals surface area contributed by atoms with Crippen LogP contribution in [0.25, 0.3) is 0 Å². The molecule has 2 aromatic carbocycles. The number of aromatic nitrogens is 1. The van der Waals surface area contributed by atoms with Gasteiger partial charge in [-0.25, -0.2) is 0 Å². The Kier molecular flexibility index (Phi) is 7.62. The van der Waals surface area contributed by atoms with Gasteiger partial charge in [-0.15, -0.1) is 0 Å². The molecule has 0 radical (unpaired) electrons. The van der Waals surface area contributed by atoms with Gasteiger partial charge in [-0.05, 0) is 69.3 Å². The minimum Gasteiger partial charge on any atom is -0.494 e. The van der Waals surface area contributed by atoms with Gasteiger partial charge in [0, 0.05) is 31.0 Å². The molecule has 1 heterocycles. The molecule has 0 saturated heterocycles. The molecular weight excluding hydrogens is 392 g/mol. The Labute approximate surface area is 183 Å². The van der Waals surface area contributed by atoms with Crippen molar-refractivity contribution in [3.63, 3.8) is 0 Å². The van der Waals surface area contributed by atoms with E-state index in [0.29, 0.717) is 41.5 Å². The van der Waals surface area contributed by atoms with Crippen LogP contribution in [-0.2, 0) is 11.2 Å². The van der Waals surface area contributed by atoms with E-state index in [1.54, 1.807) is 25.3 Å². The summed E-state index contributed by atoms with van der Waals surface area (Å²) in [4.78, 5) is 17.2. The molecule has 0 aliphatic carbocycles. The van der Waals surface area contributed by atoms with Gasteiger partial charge in [0.05, 0.1) is 24.0 Å². The Morgan fingerprint density at radius 2 is 1.77 bits per heavy atom. The lowest BCUT2D eigenvalue weighted by Gasteiger charge is -2.12. The number of pyridine rings is 1. The first kappa shape index (κ1) is 22.3. The largest absolute Gasteiger partial charge is 0.494 e. The zero-order valence-corrected chi connectivity index (χ0v) is 18.3. The number of carbonyl (C=O) groups is 1. The molecule has 31 heavy (non-hydrogen) atoms. The number of hydrogen-bond donors (Lipinski definition) is 1. The second-order valence-corrected chi connectivity index (χ2v) is 7.17. The van der Waals surface area contributed by atoms with Gasteiger partial charge in [-0.2, -0.15) is 0 Å². The fraction of sp³-hybridized carbons (Fsp3) is 0.280. The molecule has 1 aromatic heterocycles. The number of benzene rings is 2. The molecule has 0 fully saturated rings. The van der Waals surface area contributed by atoms with Crippen LogP contribution in [0, 0.1) is 6.92 Å². The average Bonchev–Trinajstić information content (AvgIpc) is 2.75. The lowest BCUT2D eigenvalue weighted by molar-refractivity contribution is 0.102. The van der Waals surface area contributed by atoms with Crippen LogP contribution in [-0.4, -0.2) is 30.7 Å².